The van der Waals surface area contributed by atoms with Gasteiger partial charge in [0.25, 0.3) is 0 Å². The summed E-state index contributed by atoms with van der Waals surface area (Å²) >= 11 is 0. The minimum atomic E-state index is -0.167. The van der Waals surface area contributed by atoms with E-state index in [0.717, 1.165) is 0 Å². The highest BCUT2D eigenvalue weighted by atomic mass is 15.3. The summed E-state index contributed by atoms with van der Waals surface area (Å²) in [5.41, 5.74) is 12.3. The fourth-order valence-electron chi connectivity index (χ4n) is 0.539. The van der Waals surface area contributed by atoms with Crippen molar-refractivity contribution >= 4 is 0 Å². The number of hydrogen-bond acceptors (Lipinski definition) is 2. The van der Waals surface area contributed by atoms with E-state index in [2.05, 4.69) is 0 Å². The maximum Gasteiger partial charge on any atom is 0.248 e. The fraction of sp³-hybridized carbons (Fsp3) is 0.500. The maximum absolute atomic E-state index is 6.98. The molecule has 7 heavy (non-hydrogen) atoms. The molecule has 1 unspecified atom stereocenters. The second-order valence-electron chi connectivity index (χ2n) is 1.57. The van der Waals surface area contributed by atoms with Gasteiger partial charge in [-0.1, -0.05) is 5.53 Å². The van der Waals surface area contributed by atoms with Crippen LogP contribution >= 0.6 is 0 Å². The standard InChI is InChI=1S/C4H8N3/c5-4-2-1-3-7(4)6/h1-2,4,6H,3,5H2/q+1. The van der Waals surface area contributed by atoms with Crippen molar-refractivity contribution in [2.24, 2.45) is 5.73 Å². The van der Waals surface area contributed by atoms with E-state index in [1.807, 2.05) is 12.2 Å². The fourth-order valence-corrected chi connectivity index (χ4v) is 0.539. The molecule has 1 atom stereocenters. The van der Waals surface area contributed by atoms with Crippen molar-refractivity contribution in [1.82, 2.24) is 0 Å². The second kappa shape index (κ2) is 1.42. The van der Waals surface area contributed by atoms with Gasteiger partial charge in [0.1, 0.15) is 0 Å². The van der Waals surface area contributed by atoms with Gasteiger partial charge in [0.05, 0.1) is 0 Å². The average Bonchev–Trinajstić information content (AvgIpc) is 1.91. The Morgan fingerprint density at radius 2 is 2.57 bits per heavy atom. The normalized spacial score (nSPS) is 29.3. The zero-order valence-corrected chi connectivity index (χ0v) is 3.96. The van der Waals surface area contributed by atoms with Gasteiger partial charge in [-0.2, -0.15) is 0 Å². The molecule has 38 valence electrons. The Bertz CT molecular complexity index is 116. The van der Waals surface area contributed by atoms with Crippen LogP contribution in [0.4, 0.5) is 0 Å². The minimum absolute atomic E-state index is 0.167. The summed E-state index contributed by atoms with van der Waals surface area (Å²) in [6, 6.07) is 0. The monoisotopic (exact) mass is 98.1 g/mol. The van der Waals surface area contributed by atoms with Gasteiger partial charge in [-0.25, -0.2) is 0 Å². The largest absolute Gasteiger partial charge is 0.268 e. The van der Waals surface area contributed by atoms with Crippen molar-refractivity contribution in [3.63, 3.8) is 0 Å². The lowest BCUT2D eigenvalue weighted by molar-refractivity contribution is -0.622. The van der Waals surface area contributed by atoms with Crippen molar-refractivity contribution in [3.8, 4) is 0 Å². The molecule has 0 saturated carbocycles. The van der Waals surface area contributed by atoms with Crippen LogP contribution in [0.3, 0.4) is 0 Å². The zero-order chi connectivity index (χ0) is 5.28. The van der Waals surface area contributed by atoms with E-state index < -0.39 is 0 Å². The molecule has 3 N–H and O–H groups in total. The van der Waals surface area contributed by atoms with Crippen LogP contribution in [0.5, 0.6) is 0 Å². The van der Waals surface area contributed by atoms with E-state index in [9.17, 15) is 0 Å². The van der Waals surface area contributed by atoms with Crippen molar-refractivity contribution in [3.05, 3.63) is 12.2 Å². The summed E-state index contributed by atoms with van der Waals surface area (Å²) in [5, 5.41) is 0. The molecule has 0 aromatic rings. The number of nitrogens with zero attached hydrogens (tertiary/aromatic N) is 1. The molecule has 1 heterocycles. The van der Waals surface area contributed by atoms with E-state index in [-0.39, 0.29) is 6.17 Å². The summed E-state index contributed by atoms with van der Waals surface area (Å²) in [6.45, 7) is 0.668. The molecule has 0 bridgehead atoms. The van der Waals surface area contributed by atoms with Crippen molar-refractivity contribution < 1.29 is 4.70 Å². The zero-order valence-electron chi connectivity index (χ0n) is 3.96. The summed E-state index contributed by atoms with van der Waals surface area (Å²) in [7, 11) is 0. The summed E-state index contributed by atoms with van der Waals surface area (Å²) in [4.78, 5) is 0. The molecule has 0 amide bonds. The van der Waals surface area contributed by atoms with Gasteiger partial charge >= 0.3 is 0 Å². The molecular weight excluding hydrogens is 90.1 g/mol. The highest BCUT2D eigenvalue weighted by molar-refractivity contribution is 4.89. The van der Waals surface area contributed by atoms with E-state index in [4.69, 9.17) is 11.3 Å². The van der Waals surface area contributed by atoms with Crippen LogP contribution in [0.2, 0.25) is 0 Å². The highest BCUT2D eigenvalue weighted by Gasteiger charge is 2.15. The summed E-state index contributed by atoms with van der Waals surface area (Å²) < 4.78 is 1.32. The Hall–Kier alpha value is -0.700. The van der Waals surface area contributed by atoms with Crippen LogP contribution in [-0.2, 0) is 0 Å². The molecule has 0 saturated heterocycles. The molecule has 3 nitrogen and oxygen atoms in total. The highest BCUT2D eigenvalue weighted by Crippen LogP contribution is 1.93. The van der Waals surface area contributed by atoms with Crippen LogP contribution in [0.25, 0.3) is 0 Å². The Kier molecular flexibility index (Phi) is 0.906. The lowest BCUT2D eigenvalue weighted by atomic mass is 10.5. The number of rotatable bonds is 0. The van der Waals surface area contributed by atoms with E-state index in [0.29, 0.717) is 6.54 Å². The summed E-state index contributed by atoms with van der Waals surface area (Å²) in [6.07, 6.45) is 3.53. The molecule has 1 aliphatic rings. The lowest BCUT2D eigenvalue weighted by Gasteiger charge is -1.88. The van der Waals surface area contributed by atoms with Crippen molar-refractivity contribution in [2.75, 3.05) is 6.54 Å². The molecule has 1 aliphatic heterocycles. The molecule has 0 aromatic heterocycles. The van der Waals surface area contributed by atoms with Gasteiger partial charge in [-0.15, -0.1) is 4.70 Å². The number of nitrogens with two attached hydrogens (primary N) is 1. The van der Waals surface area contributed by atoms with Crippen molar-refractivity contribution in [1.29, 1.82) is 5.53 Å². The van der Waals surface area contributed by atoms with Crippen LogP contribution in [0.15, 0.2) is 12.2 Å². The Morgan fingerprint density at radius 1 is 1.86 bits per heavy atom. The third-order valence-corrected chi connectivity index (χ3v) is 0.995. The van der Waals surface area contributed by atoms with Gasteiger partial charge in [0.2, 0.25) is 6.17 Å². The van der Waals surface area contributed by atoms with Gasteiger partial charge in [-0.05, 0) is 6.08 Å². The molecule has 0 fully saturated rings. The Balaban J connectivity index is 2.62. The first kappa shape index (κ1) is 4.46. The first-order valence-electron chi connectivity index (χ1n) is 2.21. The first-order chi connectivity index (χ1) is 3.30. The predicted molar refractivity (Wildman–Crippen MR) is 25.0 cm³/mol. The molecule has 0 radical (unpaired) electrons. The van der Waals surface area contributed by atoms with E-state index >= 15 is 0 Å². The van der Waals surface area contributed by atoms with Crippen molar-refractivity contribution in [2.45, 2.75) is 6.17 Å². The van der Waals surface area contributed by atoms with Gasteiger partial charge in [0.15, 0.2) is 6.54 Å². The van der Waals surface area contributed by atoms with Crippen LogP contribution in [0.1, 0.15) is 0 Å². The molecule has 3 heteroatoms. The lowest BCUT2D eigenvalue weighted by Crippen LogP contribution is -2.26. The smallest absolute Gasteiger partial charge is 0.248 e. The SMILES string of the molecule is N=[N+]1CC=CC1N. The molecule has 0 aliphatic carbocycles. The van der Waals surface area contributed by atoms with Gasteiger partial charge in [0, 0.05) is 6.08 Å². The second-order valence-corrected chi connectivity index (χ2v) is 1.57. The third-order valence-electron chi connectivity index (χ3n) is 0.995. The van der Waals surface area contributed by atoms with Gasteiger partial charge in [-0.3, -0.25) is 5.73 Å². The van der Waals surface area contributed by atoms with Crippen LogP contribution in [-0.4, -0.2) is 17.4 Å². The quantitative estimate of drug-likeness (QED) is 0.322. The molecule has 0 aromatic carbocycles. The summed E-state index contributed by atoms with van der Waals surface area (Å²) in [5.74, 6) is 0. The van der Waals surface area contributed by atoms with Gasteiger partial charge < -0.3 is 0 Å². The maximum atomic E-state index is 6.98. The average molecular weight is 98.1 g/mol. The molecule has 1 rings (SSSR count). The molecular formula is C4H8N3+. The molecule has 0 spiro atoms. The van der Waals surface area contributed by atoms with Crippen LogP contribution in [0, 0.1) is 5.53 Å². The predicted octanol–water partition coefficient (Wildman–Crippen LogP) is -0.116. The Labute approximate surface area is 41.9 Å². The third kappa shape index (κ3) is 0.667. The topological polar surface area (TPSA) is 52.9 Å². The van der Waals surface area contributed by atoms with Crippen LogP contribution < -0.4 is 5.73 Å². The first-order valence-corrected chi connectivity index (χ1v) is 2.21. The van der Waals surface area contributed by atoms with E-state index in [1.54, 1.807) is 0 Å². The van der Waals surface area contributed by atoms with E-state index in [1.165, 1.54) is 4.70 Å². The number of hydrogen-bond donors (Lipinski definition) is 2. The Morgan fingerprint density at radius 3 is 2.71 bits per heavy atom. The minimum Gasteiger partial charge on any atom is -0.268 e. The number of nitrogens with one attached hydrogen (secondary N) is 1.